The quantitative estimate of drug-likeness (QED) is 0.830. The van der Waals surface area contributed by atoms with Crippen molar-refractivity contribution < 1.29 is 4.79 Å². The van der Waals surface area contributed by atoms with Crippen LogP contribution in [0.4, 0.5) is 0 Å². The maximum absolute atomic E-state index is 13.0. The first-order chi connectivity index (χ1) is 12.8. The van der Waals surface area contributed by atoms with E-state index >= 15 is 0 Å². The van der Waals surface area contributed by atoms with Crippen molar-refractivity contribution in [2.24, 2.45) is 0 Å². The third-order valence-corrected chi connectivity index (χ3v) is 5.65. The first kappa shape index (κ1) is 17.3. The van der Waals surface area contributed by atoms with Crippen LogP contribution in [0.5, 0.6) is 0 Å². The normalized spacial score (nSPS) is 21.2. The number of benzene rings is 1. The third-order valence-electron chi connectivity index (χ3n) is 5.65. The van der Waals surface area contributed by atoms with Crippen LogP contribution in [0, 0.1) is 0 Å². The summed E-state index contributed by atoms with van der Waals surface area (Å²) in [6.07, 6.45) is 9.87. The summed E-state index contributed by atoms with van der Waals surface area (Å²) >= 11 is 0. The van der Waals surface area contributed by atoms with E-state index in [2.05, 4.69) is 22.1 Å². The van der Waals surface area contributed by atoms with Crippen LogP contribution in [0.25, 0.3) is 0 Å². The van der Waals surface area contributed by atoms with E-state index in [-0.39, 0.29) is 11.9 Å². The fourth-order valence-corrected chi connectivity index (χ4v) is 4.21. The Labute approximate surface area is 155 Å². The number of piperidine rings is 1. The molecule has 26 heavy (non-hydrogen) atoms. The average molecular weight is 352 g/mol. The van der Waals surface area contributed by atoms with Crippen molar-refractivity contribution in [3.8, 4) is 0 Å². The molecule has 0 N–H and O–H groups in total. The number of carbonyl (C=O) groups excluding carboxylic acids is 1. The fraction of sp³-hybridized carbons (Fsp3) is 0.524. The first-order valence-corrected chi connectivity index (χ1v) is 9.89. The highest BCUT2D eigenvalue weighted by molar-refractivity contribution is 5.94. The largest absolute Gasteiger partial charge is 0.334 e. The van der Waals surface area contributed by atoms with E-state index in [9.17, 15) is 4.79 Å². The molecule has 1 amide bonds. The van der Waals surface area contributed by atoms with Gasteiger partial charge in [-0.05, 0) is 62.5 Å². The molecule has 2 saturated heterocycles. The molecule has 0 bridgehead atoms. The molecule has 0 radical (unpaired) electrons. The van der Waals surface area contributed by atoms with E-state index < -0.39 is 0 Å². The van der Waals surface area contributed by atoms with Gasteiger partial charge in [0.25, 0.3) is 5.91 Å². The molecule has 0 unspecified atom stereocenters. The second-order valence-electron chi connectivity index (χ2n) is 7.56. The summed E-state index contributed by atoms with van der Waals surface area (Å²) in [5.41, 5.74) is 2.11. The van der Waals surface area contributed by atoms with Gasteiger partial charge in [0.05, 0.1) is 12.6 Å². The third kappa shape index (κ3) is 3.98. The van der Waals surface area contributed by atoms with Gasteiger partial charge >= 0.3 is 0 Å². The Morgan fingerprint density at radius 2 is 1.85 bits per heavy atom. The van der Waals surface area contributed by atoms with Crippen molar-refractivity contribution in [2.75, 3.05) is 19.6 Å². The molecule has 138 valence electrons. The van der Waals surface area contributed by atoms with Crippen LogP contribution in [0.15, 0.2) is 42.7 Å². The van der Waals surface area contributed by atoms with Crippen molar-refractivity contribution in [1.29, 1.82) is 0 Å². The zero-order valence-corrected chi connectivity index (χ0v) is 15.4. The molecule has 4 rings (SSSR count). The van der Waals surface area contributed by atoms with Gasteiger partial charge in [0.2, 0.25) is 0 Å². The molecule has 2 fully saturated rings. The molecule has 1 atom stereocenters. The summed E-state index contributed by atoms with van der Waals surface area (Å²) in [5.74, 6) is 0.157. The SMILES string of the molecule is O=C(c1ccc(CN2CCCCC2)cc1)N1CCC[C@H]1Cn1cccn1. The minimum absolute atomic E-state index is 0.157. The van der Waals surface area contributed by atoms with Gasteiger partial charge in [-0.25, -0.2) is 0 Å². The van der Waals surface area contributed by atoms with Crippen LogP contribution in [-0.2, 0) is 13.1 Å². The van der Waals surface area contributed by atoms with Crippen molar-refractivity contribution in [3.63, 3.8) is 0 Å². The molecule has 2 aliphatic heterocycles. The number of likely N-dealkylation sites (tertiary alicyclic amines) is 2. The van der Waals surface area contributed by atoms with Crippen molar-refractivity contribution in [3.05, 3.63) is 53.9 Å². The minimum atomic E-state index is 0.157. The van der Waals surface area contributed by atoms with Crippen molar-refractivity contribution >= 4 is 5.91 Å². The van der Waals surface area contributed by atoms with Crippen LogP contribution in [-0.4, -0.2) is 51.2 Å². The highest BCUT2D eigenvalue weighted by Gasteiger charge is 2.29. The van der Waals surface area contributed by atoms with Gasteiger partial charge in [-0.15, -0.1) is 0 Å². The van der Waals surface area contributed by atoms with Crippen LogP contribution >= 0.6 is 0 Å². The number of carbonyl (C=O) groups is 1. The molecule has 0 spiro atoms. The van der Waals surface area contributed by atoms with Crippen LogP contribution in [0.2, 0.25) is 0 Å². The highest BCUT2D eigenvalue weighted by Crippen LogP contribution is 2.22. The molecular weight excluding hydrogens is 324 g/mol. The summed E-state index contributed by atoms with van der Waals surface area (Å²) in [5, 5.41) is 4.29. The first-order valence-electron chi connectivity index (χ1n) is 9.89. The molecule has 1 aromatic heterocycles. The summed E-state index contributed by atoms with van der Waals surface area (Å²) in [6.45, 7) is 5.03. The number of rotatable bonds is 5. The molecule has 2 aromatic rings. The minimum Gasteiger partial charge on any atom is -0.334 e. The monoisotopic (exact) mass is 352 g/mol. The Bertz CT molecular complexity index is 704. The Balaban J connectivity index is 1.39. The van der Waals surface area contributed by atoms with Crippen molar-refractivity contribution in [1.82, 2.24) is 19.6 Å². The lowest BCUT2D eigenvalue weighted by atomic mass is 10.1. The van der Waals surface area contributed by atoms with Gasteiger partial charge in [-0.2, -0.15) is 5.10 Å². The number of amides is 1. The van der Waals surface area contributed by atoms with Gasteiger partial charge in [-0.1, -0.05) is 18.6 Å². The standard InChI is InChI=1S/C21H28N4O/c26-21(25-15-4-6-20(25)17-24-14-5-11-22-24)19-9-7-18(8-10-19)16-23-12-2-1-3-13-23/h5,7-11,14,20H,1-4,6,12-13,15-17H2/t20-/m0/s1. The lowest BCUT2D eigenvalue weighted by Gasteiger charge is -2.27. The Morgan fingerprint density at radius 3 is 2.58 bits per heavy atom. The zero-order chi connectivity index (χ0) is 17.8. The summed E-state index contributed by atoms with van der Waals surface area (Å²) in [7, 11) is 0. The number of hydrogen-bond donors (Lipinski definition) is 0. The number of nitrogens with zero attached hydrogens (tertiary/aromatic N) is 4. The van der Waals surface area contributed by atoms with Crippen LogP contribution < -0.4 is 0 Å². The van der Waals surface area contributed by atoms with E-state index in [0.717, 1.165) is 38.0 Å². The number of aromatic nitrogens is 2. The van der Waals surface area contributed by atoms with Gasteiger partial charge in [0.15, 0.2) is 0 Å². The summed E-state index contributed by atoms with van der Waals surface area (Å²) in [6, 6.07) is 10.4. The molecule has 5 nitrogen and oxygen atoms in total. The maximum Gasteiger partial charge on any atom is 0.254 e. The molecule has 0 saturated carbocycles. The van der Waals surface area contributed by atoms with E-state index in [1.807, 2.05) is 34.0 Å². The molecule has 1 aromatic carbocycles. The maximum atomic E-state index is 13.0. The van der Waals surface area contributed by atoms with E-state index in [4.69, 9.17) is 0 Å². The summed E-state index contributed by atoms with van der Waals surface area (Å²) in [4.78, 5) is 17.5. The molecule has 5 heteroatoms. The van der Waals surface area contributed by atoms with Gasteiger partial charge in [0, 0.05) is 31.0 Å². The zero-order valence-electron chi connectivity index (χ0n) is 15.4. The van der Waals surface area contributed by atoms with Crippen LogP contribution in [0.1, 0.15) is 48.0 Å². The van der Waals surface area contributed by atoms with Gasteiger partial charge in [-0.3, -0.25) is 14.4 Å². The number of hydrogen-bond acceptors (Lipinski definition) is 3. The van der Waals surface area contributed by atoms with E-state index in [1.165, 1.54) is 37.9 Å². The molecular formula is C21H28N4O. The lowest BCUT2D eigenvalue weighted by Crippen LogP contribution is -2.38. The molecule has 2 aliphatic rings. The van der Waals surface area contributed by atoms with Gasteiger partial charge in [0.1, 0.15) is 0 Å². The van der Waals surface area contributed by atoms with E-state index in [0.29, 0.717) is 0 Å². The van der Waals surface area contributed by atoms with E-state index in [1.54, 1.807) is 6.20 Å². The Hall–Kier alpha value is -2.14. The smallest absolute Gasteiger partial charge is 0.254 e. The van der Waals surface area contributed by atoms with Gasteiger partial charge < -0.3 is 4.90 Å². The summed E-state index contributed by atoms with van der Waals surface area (Å²) < 4.78 is 1.93. The lowest BCUT2D eigenvalue weighted by molar-refractivity contribution is 0.0721. The Morgan fingerprint density at radius 1 is 1.04 bits per heavy atom. The van der Waals surface area contributed by atoms with Crippen LogP contribution in [0.3, 0.4) is 0 Å². The second kappa shape index (κ2) is 8.04. The predicted molar refractivity (Wildman–Crippen MR) is 102 cm³/mol. The van der Waals surface area contributed by atoms with Crippen molar-refractivity contribution in [2.45, 2.75) is 51.2 Å². The predicted octanol–water partition coefficient (Wildman–Crippen LogP) is 3.17. The second-order valence-corrected chi connectivity index (χ2v) is 7.56. The molecule has 0 aliphatic carbocycles. The fourth-order valence-electron chi connectivity index (χ4n) is 4.21. The molecule has 3 heterocycles. The Kier molecular flexibility index (Phi) is 5.34. The average Bonchev–Trinajstić information content (AvgIpc) is 3.35. The highest BCUT2D eigenvalue weighted by atomic mass is 16.2. The topological polar surface area (TPSA) is 41.4 Å².